The van der Waals surface area contributed by atoms with Crippen molar-refractivity contribution in [2.45, 2.75) is 32.2 Å². The van der Waals surface area contributed by atoms with Gasteiger partial charge in [-0.1, -0.05) is 30.3 Å². The van der Waals surface area contributed by atoms with Crippen LogP contribution < -0.4 is 0 Å². The van der Waals surface area contributed by atoms with E-state index in [1.54, 1.807) is 0 Å². The summed E-state index contributed by atoms with van der Waals surface area (Å²) in [7, 11) is 0. The Morgan fingerprint density at radius 2 is 0.921 bits per heavy atom. The molecule has 0 radical (unpaired) electrons. The Labute approximate surface area is 228 Å². The maximum atomic E-state index is 5.60. The van der Waals surface area contributed by atoms with Gasteiger partial charge in [-0.05, 0) is 24.8 Å². The van der Waals surface area contributed by atoms with Crippen molar-refractivity contribution in [1.82, 2.24) is 0 Å². The lowest BCUT2D eigenvalue weighted by Gasteiger charge is -2.22. The van der Waals surface area contributed by atoms with Gasteiger partial charge >= 0.3 is 0 Å². The van der Waals surface area contributed by atoms with E-state index in [0.29, 0.717) is 112 Å². The molecule has 1 heterocycles. The lowest BCUT2D eigenvalue weighted by molar-refractivity contribution is -0.169. The lowest BCUT2D eigenvalue weighted by Crippen LogP contribution is -2.24. The van der Waals surface area contributed by atoms with Gasteiger partial charge in [0.1, 0.15) is 0 Å². The molecule has 0 unspecified atom stereocenters. The molecule has 38 heavy (non-hydrogen) atoms. The Morgan fingerprint density at radius 3 is 1.34 bits per heavy atom. The molecule has 0 bridgehead atoms. The van der Waals surface area contributed by atoms with Crippen LogP contribution in [-0.2, 0) is 54.0 Å². The van der Waals surface area contributed by atoms with Crippen LogP contribution >= 0.6 is 0 Å². The van der Waals surface area contributed by atoms with Crippen LogP contribution in [0.4, 0.5) is 0 Å². The van der Waals surface area contributed by atoms with E-state index in [1.807, 2.05) is 30.3 Å². The molecule has 0 spiro atoms. The normalized spacial score (nSPS) is 15.7. The zero-order valence-electron chi connectivity index (χ0n) is 22.9. The van der Waals surface area contributed by atoms with Crippen LogP contribution in [0.2, 0.25) is 0 Å². The number of ether oxygens (including phenoxy) is 10. The Hall–Kier alpha value is -1.18. The molecule has 1 atom stereocenters. The number of rotatable bonds is 27. The van der Waals surface area contributed by atoms with Gasteiger partial charge in [0, 0.05) is 6.61 Å². The van der Waals surface area contributed by atoms with E-state index in [2.05, 4.69) is 0 Å². The zero-order chi connectivity index (χ0) is 26.6. The predicted octanol–water partition coefficient (Wildman–Crippen LogP) is 2.86. The van der Waals surface area contributed by atoms with Crippen molar-refractivity contribution in [3.05, 3.63) is 35.9 Å². The molecule has 0 amide bonds. The summed E-state index contributed by atoms with van der Waals surface area (Å²) in [4.78, 5) is 0. The third-order valence-electron chi connectivity index (χ3n) is 5.38. The van der Waals surface area contributed by atoms with Gasteiger partial charge in [-0.15, -0.1) is 0 Å². The third kappa shape index (κ3) is 20.7. The van der Waals surface area contributed by atoms with E-state index in [-0.39, 0.29) is 6.29 Å². The van der Waals surface area contributed by atoms with Gasteiger partial charge in [-0.2, -0.15) is 0 Å². The molecule has 1 aromatic carbocycles. The minimum atomic E-state index is -0.0597. The highest BCUT2D eigenvalue weighted by Gasteiger charge is 2.13. The Balaban J connectivity index is 1.15. The molecule has 1 aliphatic heterocycles. The van der Waals surface area contributed by atoms with E-state index in [4.69, 9.17) is 47.4 Å². The molecule has 1 aliphatic rings. The fraction of sp³-hybridized carbons (Fsp3) is 0.786. The highest BCUT2D eigenvalue weighted by Crippen LogP contribution is 2.13. The van der Waals surface area contributed by atoms with Gasteiger partial charge in [0.25, 0.3) is 0 Å². The van der Waals surface area contributed by atoms with Gasteiger partial charge in [0.05, 0.1) is 112 Å². The topological polar surface area (TPSA) is 92.3 Å². The van der Waals surface area contributed by atoms with E-state index in [0.717, 1.165) is 25.0 Å². The Bertz CT molecular complexity index is 601. The second kappa shape index (κ2) is 26.1. The average molecular weight is 545 g/mol. The second-order valence-corrected chi connectivity index (χ2v) is 8.49. The fourth-order valence-electron chi connectivity index (χ4n) is 3.38. The van der Waals surface area contributed by atoms with Crippen LogP contribution in [0, 0.1) is 0 Å². The molecule has 0 aliphatic carbocycles. The van der Waals surface area contributed by atoms with Gasteiger partial charge in [0.2, 0.25) is 0 Å². The third-order valence-corrected chi connectivity index (χ3v) is 5.38. The van der Waals surface area contributed by atoms with E-state index in [9.17, 15) is 0 Å². The molecular weight excluding hydrogens is 496 g/mol. The summed E-state index contributed by atoms with van der Waals surface area (Å²) in [6.45, 7) is 10.0. The van der Waals surface area contributed by atoms with Gasteiger partial charge in [0.15, 0.2) is 6.29 Å². The van der Waals surface area contributed by atoms with E-state index in [1.165, 1.54) is 6.42 Å². The summed E-state index contributed by atoms with van der Waals surface area (Å²) < 4.78 is 55.0. The van der Waals surface area contributed by atoms with Gasteiger partial charge < -0.3 is 47.4 Å². The van der Waals surface area contributed by atoms with Crippen molar-refractivity contribution < 1.29 is 47.4 Å². The van der Waals surface area contributed by atoms with Crippen LogP contribution in [0.15, 0.2) is 30.3 Å². The molecule has 0 N–H and O–H groups in total. The summed E-state index contributed by atoms with van der Waals surface area (Å²) in [5.74, 6) is 0. The van der Waals surface area contributed by atoms with E-state index < -0.39 is 0 Å². The largest absolute Gasteiger partial charge is 0.377 e. The average Bonchev–Trinajstić information content (AvgIpc) is 2.96. The molecule has 10 heteroatoms. The summed E-state index contributed by atoms with van der Waals surface area (Å²) in [6.07, 6.45) is 3.21. The molecule has 10 nitrogen and oxygen atoms in total. The van der Waals surface area contributed by atoms with Crippen molar-refractivity contribution in [2.75, 3.05) is 112 Å². The molecule has 1 aromatic rings. The van der Waals surface area contributed by atoms with Crippen molar-refractivity contribution in [1.29, 1.82) is 0 Å². The molecule has 2 rings (SSSR count). The molecular formula is C28H48O10. The van der Waals surface area contributed by atoms with Crippen LogP contribution in [0.1, 0.15) is 24.8 Å². The van der Waals surface area contributed by atoms with Crippen molar-refractivity contribution in [2.24, 2.45) is 0 Å². The van der Waals surface area contributed by atoms with E-state index >= 15 is 0 Å². The first-order valence-electron chi connectivity index (χ1n) is 13.8. The summed E-state index contributed by atoms with van der Waals surface area (Å²) >= 11 is 0. The highest BCUT2D eigenvalue weighted by molar-refractivity contribution is 5.13. The monoisotopic (exact) mass is 544 g/mol. The number of hydrogen-bond acceptors (Lipinski definition) is 10. The molecule has 1 fully saturated rings. The SMILES string of the molecule is c1ccc(COCCOCCOCCOCCOCCOCCOCCOCCO[C@@H]2CCCCO2)cc1. The molecule has 220 valence electrons. The predicted molar refractivity (Wildman–Crippen MR) is 141 cm³/mol. The lowest BCUT2D eigenvalue weighted by atomic mass is 10.2. The number of benzene rings is 1. The first kappa shape index (κ1) is 33.0. The first-order valence-corrected chi connectivity index (χ1v) is 13.8. The van der Waals surface area contributed by atoms with Crippen LogP contribution in [0.5, 0.6) is 0 Å². The van der Waals surface area contributed by atoms with Gasteiger partial charge in [-0.3, -0.25) is 0 Å². The quantitative estimate of drug-likeness (QED) is 0.154. The minimum absolute atomic E-state index is 0.0597. The maximum absolute atomic E-state index is 5.60. The Kier molecular flexibility index (Phi) is 22.7. The minimum Gasteiger partial charge on any atom is -0.377 e. The van der Waals surface area contributed by atoms with Gasteiger partial charge in [-0.25, -0.2) is 0 Å². The zero-order valence-corrected chi connectivity index (χ0v) is 22.9. The standard InChI is InChI=1S/C28H48O10/c1-2-6-27(7-3-1)26-36-23-22-34-19-18-32-15-14-30-11-10-29-12-13-31-16-17-33-20-21-35-24-25-38-28-8-4-5-9-37-28/h1-3,6-7,28H,4-5,8-26H2/t28-/m1/s1. The summed E-state index contributed by atoms with van der Waals surface area (Å²) in [6, 6.07) is 10.1. The molecule has 0 aromatic heterocycles. The molecule has 1 saturated heterocycles. The van der Waals surface area contributed by atoms with Crippen LogP contribution in [-0.4, -0.2) is 119 Å². The van der Waals surface area contributed by atoms with Crippen molar-refractivity contribution in [3.63, 3.8) is 0 Å². The summed E-state index contributed by atoms with van der Waals surface area (Å²) in [5.41, 5.74) is 1.16. The fourth-order valence-corrected chi connectivity index (χ4v) is 3.38. The molecule has 0 saturated carbocycles. The highest BCUT2D eigenvalue weighted by atomic mass is 16.7. The first-order chi connectivity index (χ1) is 18.9. The second-order valence-electron chi connectivity index (χ2n) is 8.49. The maximum Gasteiger partial charge on any atom is 0.157 e. The van der Waals surface area contributed by atoms with Crippen molar-refractivity contribution in [3.8, 4) is 0 Å². The summed E-state index contributed by atoms with van der Waals surface area (Å²) in [5, 5.41) is 0. The smallest absolute Gasteiger partial charge is 0.157 e. The number of hydrogen-bond donors (Lipinski definition) is 0. The van der Waals surface area contributed by atoms with Crippen LogP contribution in [0.3, 0.4) is 0 Å². The van der Waals surface area contributed by atoms with Crippen molar-refractivity contribution >= 4 is 0 Å². The Morgan fingerprint density at radius 1 is 0.500 bits per heavy atom. The van der Waals surface area contributed by atoms with Crippen LogP contribution in [0.25, 0.3) is 0 Å².